The van der Waals surface area contributed by atoms with Crippen LogP contribution in [0, 0.1) is 24.3 Å². The number of halogens is 12. The fraction of sp³-hybridized carbons (Fsp3) is 0.160. The smallest absolute Gasteiger partial charge is 0.320 e. The molecule has 1 unspecified atom stereocenters. The number of hydrogen-bond donors (Lipinski definition) is 2. The quantitative estimate of drug-likeness (QED) is 0.194. The van der Waals surface area contributed by atoms with Crippen LogP contribution in [0.25, 0.3) is 0 Å². The minimum absolute atomic E-state index is 0.0337. The number of amides is 2. The lowest BCUT2D eigenvalue weighted by Crippen LogP contribution is -2.59. The number of carbonyl (C=O) groups excluding carboxylic acids is 2. The topological polar surface area (TPSA) is 82.0 Å². The molecule has 0 saturated heterocycles. The van der Waals surface area contributed by atoms with Crippen LogP contribution in [0.2, 0.25) is 0 Å². The molecule has 2 N–H and O–H groups in total. The van der Waals surface area contributed by atoms with Crippen molar-refractivity contribution in [2.75, 3.05) is 10.6 Å². The van der Waals surface area contributed by atoms with E-state index in [4.69, 9.17) is 5.26 Å². The Kier molecular flexibility index (Phi) is 9.41. The zero-order chi connectivity index (χ0) is 31.8. The highest BCUT2D eigenvalue weighted by atomic mass is 127. The summed E-state index contributed by atoms with van der Waals surface area (Å²) in [6.07, 6.45) is -13.6. The maximum absolute atomic E-state index is 15.1. The third-order valence-corrected chi connectivity index (χ3v) is 7.33. The molecular formula is C25H11F10I2N3O2. The van der Waals surface area contributed by atoms with E-state index >= 15 is 4.39 Å². The Morgan fingerprint density at radius 3 is 1.79 bits per heavy atom. The minimum Gasteiger partial charge on any atom is -0.320 e. The van der Waals surface area contributed by atoms with Crippen LogP contribution in [0.3, 0.4) is 0 Å². The third kappa shape index (κ3) is 6.14. The Morgan fingerprint density at radius 2 is 1.31 bits per heavy atom. The van der Waals surface area contributed by atoms with Crippen molar-refractivity contribution in [2.45, 2.75) is 23.9 Å². The summed E-state index contributed by atoms with van der Waals surface area (Å²) in [7, 11) is 0. The van der Waals surface area contributed by atoms with Crippen LogP contribution < -0.4 is 10.6 Å². The van der Waals surface area contributed by atoms with E-state index in [9.17, 15) is 49.1 Å². The first kappa shape index (κ1) is 33.4. The zero-order valence-corrected chi connectivity index (χ0v) is 24.3. The van der Waals surface area contributed by atoms with Gasteiger partial charge in [0.25, 0.3) is 11.8 Å². The van der Waals surface area contributed by atoms with Gasteiger partial charge in [0, 0.05) is 18.3 Å². The van der Waals surface area contributed by atoms with E-state index in [-0.39, 0.29) is 23.3 Å². The predicted octanol–water partition coefficient (Wildman–Crippen LogP) is 8.34. The van der Waals surface area contributed by atoms with Crippen molar-refractivity contribution in [3.63, 3.8) is 0 Å². The van der Waals surface area contributed by atoms with Crippen molar-refractivity contribution in [3.05, 3.63) is 89.8 Å². The normalized spacial score (nSPS) is 13.6. The molecular weight excluding hydrogens is 818 g/mol. The molecule has 0 heterocycles. The first-order chi connectivity index (χ1) is 19.3. The molecule has 5 nitrogen and oxygen atoms in total. The molecule has 0 radical (unpaired) electrons. The van der Waals surface area contributed by atoms with Gasteiger partial charge in [0.2, 0.25) is 0 Å². The zero-order valence-electron chi connectivity index (χ0n) is 20.0. The molecule has 3 rings (SSSR count). The Hall–Kier alpha value is -3.15. The number of nitrogens with zero attached hydrogens (tertiary/aromatic N) is 1. The summed E-state index contributed by atoms with van der Waals surface area (Å²) >= 11 is 2.35. The minimum atomic E-state index is -6.92. The SMILES string of the molecule is N#Cc1ccc(C(=O)Nc2cccc(C(=O)Nc3c(I)cc(C(F)(C(F)(F)F)C(F)(F)C(F)(F)F)cc3I)c2F)cc1. The molecule has 0 aromatic heterocycles. The number of hydrogen-bond acceptors (Lipinski definition) is 3. The Morgan fingerprint density at radius 1 is 0.762 bits per heavy atom. The second kappa shape index (κ2) is 11.9. The second-order valence-electron chi connectivity index (χ2n) is 8.31. The fourth-order valence-electron chi connectivity index (χ4n) is 3.49. The summed E-state index contributed by atoms with van der Waals surface area (Å²) in [6.45, 7) is 0. The number of carbonyl (C=O) groups is 2. The summed E-state index contributed by atoms with van der Waals surface area (Å²) in [5.74, 6) is -10.2. The molecule has 0 spiro atoms. The average molecular weight is 829 g/mol. The van der Waals surface area contributed by atoms with Crippen molar-refractivity contribution in [1.29, 1.82) is 5.26 Å². The van der Waals surface area contributed by atoms with Gasteiger partial charge in [-0.3, -0.25) is 9.59 Å². The molecule has 0 aliphatic carbocycles. The molecule has 0 saturated carbocycles. The molecule has 0 bridgehead atoms. The highest BCUT2D eigenvalue weighted by Crippen LogP contribution is 2.58. The summed E-state index contributed by atoms with van der Waals surface area (Å²) in [4.78, 5) is 25.3. The number of benzene rings is 3. The second-order valence-corrected chi connectivity index (χ2v) is 10.6. The number of nitrogens with one attached hydrogen (secondary N) is 2. The van der Waals surface area contributed by atoms with Crippen molar-refractivity contribution in [1.82, 2.24) is 0 Å². The van der Waals surface area contributed by atoms with E-state index in [1.165, 1.54) is 69.4 Å². The molecule has 2 amide bonds. The summed E-state index contributed by atoms with van der Waals surface area (Å²) < 4.78 is 135. The monoisotopic (exact) mass is 829 g/mol. The molecule has 0 fully saturated rings. The van der Waals surface area contributed by atoms with Crippen LogP contribution in [0.15, 0.2) is 54.6 Å². The fourth-order valence-corrected chi connectivity index (χ4v) is 5.52. The van der Waals surface area contributed by atoms with Gasteiger partial charge in [-0.2, -0.15) is 40.4 Å². The van der Waals surface area contributed by atoms with Crippen molar-refractivity contribution in [3.8, 4) is 6.07 Å². The van der Waals surface area contributed by atoms with Crippen molar-refractivity contribution in [2.24, 2.45) is 0 Å². The van der Waals surface area contributed by atoms with E-state index in [0.29, 0.717) is 0 Å². The lowest BCUT2D eigenvalue weighted by molar-refractivity contribution is -0.389. The van der Waals surface area contributed by atoms with Gasteiger partial charge in [0.1, 0.15) is 0 Å². The van der Waals surface area contributed by atoms with Crippen LogP contribution in [-0.2, 0) is 5.67 Å². The highest BCUT2D eigenvalue weighted by molar-refractivity contribution is 14.1. The Balaban J connectivity index is 1.95. The number of alkyl halides is 9. The molecule has 3 aromatic carbocycles. The molecule has 0 aliphatic rings. The molecule has 222 valence electrons. The van der Waals surface area contributed by atoms with E-state index in [2.05, 4.69) is 10.6 Å². The molecule has 42 heavy (non-hydrogen) atoms. The summed E-state index contributed by atoms with van der Waals surface area (Å²) in [5, 5.41) is 13.1. The van der Waals surface area contributed by atoms with Gasteiger partial charge in [-0.25, -0.2) is 8.78 Å². The molecule has 1 atom stereocenters. The number of anilines is 2. The van der Waals surface area contributed by atoms with Gasteiger partial charge in [-0.05, 0) is 93.7 Å². The third-order valence-electron chi connectivity index (χ3n) is 5.63. The van der Waals surface area contributed by atoms with E-state index in [1.54, 1.807) is 0 Å². The van der Waals surface area contributed by atoms with Crippen molar-refractivity contribution >= 4 is 68.4 Å². The van der Waals surface area contributed by atoms with E-state index in [0.717, 1.165) is 18.2 Å². The number of rotatable bonds is 6. The molecule has 3 aromatic rings. The molecule has 0 aliphatic heterocycles. The lowest BCUT2D eigenvalue weighted by Gasteiger charge is -2.36. The van der Waals surface area contributed by atoms with Crippen LogP contribution >= 0.6 is 45.2 Å². The maximum atomic E-state index is 15.1. The Labute approximate surface area is 256 Å². The van der Waals surface area contributed by atoms with Gasteiger partial charge >= 0.3 is 23.9 Å². The van der Waals surface area contributed by atoms with Gasteiger partial charge in [-0.15, -0.1) is 0 Å². The Bertz CT molecular complexity index is 1560. The van der Waals surface area contributed by atoms with Gasteiger partial charge in [-0.1, -0.05) is 6.07 Å². The summed E-state index contributed by atoms with van der Waals surface area (Å²) in [5.41, 5.74) is -9.61. The first-order valence-corrected chi connectivity index (χ1v) is 13.0. The standard InChI is InChI=1S/C25H11F10I2N3O2/c26-18-14(2-1-3-17(18)39-20(41)12-6-4-11(10-38)5-7-12)21(42)40-19-15(36)8-13(9-16(19)37)22(27,24(30,31)32)23(28,29)25(33,34)35/h1-9H,(H,39,41)(H,40,42). The number of nitriles is 1. The van der Waals surface area contributed by atoms with Gasteiger partial charge in [0.15, 0.2) is 5.82 Å². The van der Waals surface area contributed by atoms with Crippen molar-refractivity contribution < 1.29 is 53.5 Å². The van der Waals surface area contributed by atoms with Crippen LogP contribution in [0.4, 0.5) is 55.3 Å². The molecule has 17 heteroatoms. The van der Waals surface area contributed by atoms with E-state index in [1.807, 2.05) is 6.07 Å². The first-order valence-electron chi connectivity index (χ1n) is 10.9. The lowest BCUT2D eigenvalue weighted by atomic mass is 9.87. The summed E-state index contributed by atoms with van der Waals surface area (Å²) in [6, 6.07) is 10.4. The largest absolute Gasteiger partial charge is 0.457 e. The van der Waals surface area contributed by atoms with Crippen LogP contribution in [0.5, 0.6) is 0 Å². The van der Waals surface area contributed by atoms with Crippen LogP contribution in [0.1, 0.15) is 31.8 Å². The van der Waals surface area contributed by atoms with Crippen LogP contribution in [-0.4, -0.2) is 30.1 Å². The van der Waals surface area contributed by atoms with E-state index < -0.39 is 71.2 Å². The highest BCUT2D eigenvalue weighted by Gasteiger charge is 2.81. The predicted molar refractivity (Wildman–Crippen MR) is 145 cm³/mol. The maximum Gasteiger partial charge on any atom is 0.457 e. The van der Waals surface area contributed by atoms with Gasteiger partial charge in [0.05, 0.1) is 28.6 Å². The average Bonchev–Trinajstić information content (AvgIpc) is 2.89. The van der Waals surface area contributed by atoms with Gasteiger partial charge < -0.3 is 10.6 Å².